The van der Waals surface area contributed by atoms with Crippen LogP contribution >= 0.6 is 0 Å². The number of carbonyl (C=O) groups excluding carboxylic acids is 2. The van der Waals surface area contributed by atoms with Gasteiger partial charge in [-0.25, -0.2) is 0 Å². The van der Waals surface area contributed by atoms with Crippen LogP contribution in [0.15, 0.2) is 72.8 Å². The third-order valence-corrected chi connectivity index (χ3v) is 5.79. The number of amides is 2. The van der Waals surface area contributed by atoms with Gasteiger partial charge < -0.3 is 10.6 Å². The number of hydrogen-bond donors (Lipinski definition) is 2. The van der Waals surface area contributed by atoms with E-state index in [-0.39, 0.29) is 11.8 Å². The second-order valence-electron chi connectivity index (χ2n) is 8.18. The van der Waals surface area contributed by atoms with Crippen LogP contribution in [0.4, 0.5) is 5.69 Å². The molecule has 0 saturated carbocycles. The van der Waals surface area contributed by atoms with E-state index in [0.717, 1.165) is 32.5 Å². The fourth-order valence-corrected chi connectivity index (χ4v) is 4.03. The minimum absolute atomic E-state index is 0.179. The molecule has 0 fully saturated rings. The first kappa shape index (κ1) is 21.8. The van der Waals surface area contributed by atoms with E-state index in [0.29, 0.717) is 23.4 Å². The van der Waals surface area contributed by atoms with E-state index in [2.05, 4.69) is 39.8 Å². The van der Waals surface area contributed by atoms with Crippen LogP contribution in [-0.2, 0) is 19.5 Å². The number of anilines is 1. The number of para-hydroxylation sites is 1. The lowest BCUT2D eigenvalue weighted by molar-refractivity contribution is 0.0954. The Balaban J connectivity index is 1.39. The Morgan fingerprint density at radius 1 is 0.875 bits per heavy atom. The zero-order valence-electron chi connectivity index (χ0n) is 18.4. The topological polar surface area (TPSA) is 61.4 Å². The van der Waals surface area contributed by atoms with E-state index in [4.69, 9.17) is 0 Å². The van der Waals surface area contributed by atoms with E-state index < -0.39 is 0 Å². The molecular weight excluding hydrogens is 398 g/mol. The van der Waals surface area contributed by atoms with E-state index >= 15 is 0 Å². The maximum Gasteiger partial charge on any atom is 0.255 e. The molecule has 2 N–H and O–H groups in total. The van der Waals surface area contributed by atoms with Crippen molar-refractivity contribution in [1.29, 1.82) is 0 Å². The van der Waals surface area contributed by atoms with Gasteiger partial charge in [-0.2, -0.15) is 0 Å². The Bertz CT molecular complexity index is 1090. The van der Waals surface area contributed by atoms with Gasteiger partial charge in [0.25, 0.3) is 11.8 Å². The predicted octanol–water partition coefficient (Wildman–Crippen LogP) is 4.64. The third kappa shape index (κ3) is 5.24. The van der Waals surface area contributed by atoms with Crippen LogP contribution < -0.4 is 10.6 Å². The van der Waals surface area contributed by atoms with Gasteiger partial charge in [-0.3, -0.25) is 14.5 Å². The number of carbonyl (C=O) groups is 2. The first-order valence-corrected chi connectivity index (χ1v) is 11.2. The molecule has 2 amide bonds. The first-order chi connectivity index (χ1) is 15.6. The normalized spacial score (nSPS) is 13.3. The lowest BCUT2D eigenvalue weighted by Gasteiger charge is -2.28. The number of rotatable bonds is 7. The zero-order valence-corrected chi connectivity index (χ0v) is 18.4. The first-order valence-electron chi connectivity index (χ1n) is 11.2. The quantitative estimate of drug-likeness (QED) is 0.578. The second kappa shape index (κ2) is 10.2. The highest BCUT2D eigenvalue weighted by Crippen LogP contribution is 2.21. The van der Waals surface area contributed by atoms with Crippen molar-refractivity contribution >= 4 is 17.5 Å². The van der Waals surface area contributed by atoms with Crippen LogP contribution in [0.3, 0.4) is 0 Å². The van der Waals surface area contributed by atoms with Crippen molar-refractivity contribution in [3.05, 3.63) is 101 Å². The predicted molar refractivity (Wildman–Crippen MR) is 128 cm³/mol. The molecule has 0 aromatic heterocycles. The van der Waals surface area contributed by atoms with Crippen LogP contribution in [0.5, 0.6) is 0 Å². The Hall–Kier alpha value is -3.44. The van der Waals surface area contributed by atoms with Gasteiger partial charge in [0.05, 0.1) is 11.3 Å². The van der Waals surface area contributed by atoms with Gasteiger partial charge in [0, 0.05) is 31.7 Å². The van der Waals surface area contributed by atoms with Crippen LogP contribution in [0.2, 0.25) is 0 Å². The van der Waals surface area contributed by atoms with Crippen molar-refractivity contribution in [2.75, 3.05) is 18.4 Å². The number of nitrogens with zero attached hydrogens (tertiary/aromatic N) is 1. The number of hydrogen-bond acceptors (Lipinski definition) is 3. The van der Waals surface area contributed by atoms with Crippen LogP contribution in [0.25, 0.3) is 0 Å². The maximum atomic E-state index is 12.8. The SMILES string of the molecule is CCCNC(=O)c1ccccc1NC(=O)c1ccc(CN2CCc3ccccc3C2)cc1. The van der Waals surface area contributed by atoms with Gasteiger partial charge in [0.15, 0.2) is 0 Å². The van der Waals surface area contributed by atoms with Crippen LogP contribution in [-0.4, -0.2) is 29.8 Å². The highest BCUT2D eigenvalue weighted by atomic mass is 16.2. The van der Waals surface area contributed by atoms with Crippen molar-refractivity contribution in [1.82, 2.24) is 10.2 Å². The smallest absolute Gasteiger partial charge is 0.255 e. The fourth-order valence-electron chi connectivity index (χ4n) is 4.03. The van der Waals surface area contributed by atoms with E-state index in [1.165, 1.54) is 16.7 Å². The van der Waals surface area contributed by atoms with Crippen molar-refractivity contribution in [2.24, 2.45) is 0 Å². The lowest BCUT2D eigenvalue weighted by Crippen LogP contribution is -2.30. The molecule has 0 saturated heterocycles. The van der Waals surface area contributed by atoms with Gasteiger partial charge in [0.1, 0.15) is 0 Å². The molecule has 0 aliphatic carbocycles. The average molecular weight is 428 g/mol. The van der Waals surface area contributed by atoms with Gasteiger partial charge >= 0.3 is 0 Å². The zero-order chi connectivity index (χ0) is 22.3. The fraction of sp³-hybridized carbons (Fsp3) is 0.259. The van der Waals surface area contributed by atoms with E-state index in [9.17, 15) is 9.59 Å². The summed E-state index contributed by atoms with van der Waals surface area (Å²) < 4.78 is 0. The van der Waals surface area contributed by atoms with E-state index in [1.54, 1.807) is 18.2 Å². The molecule has 3 aromatic carbocycles. The molecule has 164 valence electrons. The number of benzene rings is 3. The van der Waals surface area contributed by atoms with Gasteiger partial charge in [0.2, 0.25) is 0 Å². The van der Waals surface area contributed by atoms with Crippen molar-refractivity contribution in [2.45, 2.75) is 32.9 Å². The van der Waals surface area contributed by atoms with Crippen LogP contribution in [0.1, 0.15) is 50.8 Å². The van der Waals surface area contributed by atoms with Gasteiger partial charge in [-0.1, -0.05) is 55.5 Å². The molecule has 0 radical (unpaired) electrons. The Morgan fingerprint density at radius 3 is 2.38 bits per heavy atom. The molecule has 1 aliphatic heterocycles. The summed E-state index contributed by atoms with van der Waals surface area (Å²) in [5, 5.41) is 5.75. The summed E-state index contributed by atoms with van der Waals surface area (Å²) in [4.78, 5) is 27.6. The van der Waals surface area contributed by atoms with Crippen LogP contribution in [0, 0.1) is 0 Å². The molecule has 0 atom stereocenters. The van der Waals surface area contributed by atoms with E-state index in [1.807, 2.05) is 37.3 Å². The molecule has 5 heteroatoms. The summed E-state index contributed by atoms with van der Waals surface area (Å²) in [5.41, 5.74) is 5.58. The minimum Gasteiger partial charge on any atom is -0.352 e. The molecule has 5 nitrogen and oxygen atoms in total. The van der Waals surface area contributed by atoms with Crippen molar-refractivity contribution in [3.63, 3.8) is 0 Å². The Morgan fingerprint density at radius 2 is 1.59 bits per heavy atom. The Labute approximate surface area is 189 Å². The molecule has 4 rings (SSSR count). The summed E-state index contributed by atoms with van der Waals surface area (Å²) >= 11 is 0. The highest BCUT2D eigenvalue weighted by Gasteiger charge is 2.17. The van der Waals surface area contributed by atoms with Gasteiger partial charge in [-0.15, -0.1) is 0 Å². The number of fused-ring (bicyclic) bond motifs is 1. The Kier molecular flexibility index (Phi) is 6.97. The molecule has 0 spiro atoms. The molecule has 32 heavy (non-hydrogen) atoms. The third-order valence-electron chi connectivity index (χ3n) is 5.79. The molecule has 0 bridgehead atoms. The summed E-state index contributed by atoms with van der Waals surface area (Å²) in [6, 6.07) is 23.4. The molecule has 1 heterocycles. The summed E-state index contributed by atoms with van der Waals surface area (Å²) in [6.07, 6.45) is 1.93. The highest BCUT2D eigenvalue weighted by molar-refractivity contribution is 6.09. The summed E-state index contributed by atoms with van der Waals surface area (Å²) in [6.45, 7) is 5.45. The second-order valence-corrected chi connectivity index (χ2v) is 8.18. The maximum absolute atomic E-state index is 12.8. The monoisotopic (exact) mass is 427 g/mol. The summed E-state index contributed by atoms with van der Waals surface area (Å²) in [7, 11) is 0. The van der Waals surface area contributed by atoms with Gasteiger partial charge in [-0.05, 0) is 53.8 Å². The van der Waals surface area contributed by atoms with Crippen molar-refractivity contribution < 1.29 is 9.59 Å². The molecule has 0 unspecified atom stereocenters. The molecule has 3 aromatic rings. The minimum atomic E-state index is -0.223. The van der Waals surface area contributed by atoms with Crippen molar-refractivity contribution in [3.8, 4) is 0 Å². The largest absolute Gasteiger partial charge is 0.352 e. The average Bonchev–Trinajstić information content (AvgIpc) is 2.83. The standard InChI is InChI=1S/C27H29N3O2/c1-2-16-28-27(32)24-9-5-6-10-25(24)29-26(31)22-13-11-20(12-14-22)18-30-17-15-21-7-3-4-8-23(21)19-30/h3-14H,2,15-19H2,1H3,(H,28,32)(H,29,31). The summed E-state index contributed by atoms with van der Waals surface area (Å²) in [5.74, 6) is -0.402. The number of nitrogens with one attached hydrogen (secondary N) is 2. The molecular formula is C27H29N3O2. The lowest BCUT2D eigenvalue weighted by atomic mass is 9.99. The molecule has 1 aliphatic rings.